The van der Waals surface area contributed by atoms with Gasteiger partial charge in [-0.15, -0.1) is 6.58 Å². The number of benzene rings is 1. The number of nitrogens with zero attached hydrogens (tertiary/aromatic N) is 2. The predicted molar refractivity (Wildman–Crippen MR) is 228 cm³/mol. The summed E-state index contributed by atoms with van der Waals surface area (Å²) >= 11 is 2.23. The van der Waals surface area contributed by atoms with Crippen LogP contribution in [-0.4, -0.2) is 98.0 Å². The van der Waals surface area contributed by atoms with Gasteiger partial charge in [-0.1, -0.05) is 39.2 Å². The van der Waals surface area contributed by atoms with E-state index in [0.717, 1.165) is 46.6 Å². The summed E-state index contributed by atoms with van der Waals surface area (Å²) in [6.45, 7) is 10.2. The van der Waals surface area contributed by atoms with E-state index in [1.165, 1.54) is 11.0 Å². The Morgan fingerprint density at radius 1 is 1.14 bits per heavy atom. The minimum absolute atomic E-state index is 0.0159. The van der Waals surface area contributed by atoms with Gasteiger partial charge >= 0.3 is 6.09 Å². The Labute approximate surface area is 359 Å². The highest BCUT2D eigenvalue weighted by atomic mass is 127. The molecule has 0 spiro atoms. The van der Waals surface area contributed by atoms with Crippen LogP contribution in [0, 0.1) is 20.8 Å². The zero-order valence-corrected chi connectivity index (χ0v) is 37.2. The Morgan fingerprint density at radius 2 is 1.88 bits per heavy atom. The van der Waals surface area contributed by atoms with Gasteiger partial charge in [0.05, 0.1) is 41.2 Å². The number of fused-ring (bicyclic) bond motifs is 3. The van der Waals surface area contributed by atoms with Gasteiger partial charge in [0, 0.05) is 23.8 Å². The lowest BCUT2D eigenvalue weighted by Gasteiger charge is -2.35. The number of alkyl carbamates (subject to hydrolysis) is 1. The van der Waals surface area contributed by atoms with Crippen molar-refractivity contribution >= 4 is 67.3 Å². The Morgan fingerprint density at radius 3 is 2.54 bits per heavy atom. The molecule has 1 saturated heterocycles. The van der Waals surface area contributed by atoms with E-state index in [1.54, 1.807) is 13.2 Å². The summed E-state index contributed by atoms with van der Waals surface area (Å²) in [4.78, 5) is 63.1. The van der Waals surface area contributed by atoms with Crippen molar-refractivity contribution in [1.29, 1.82) is 0 Å². The van der Waals surface area contributed by atoms with E-state index in [1.807, 2.05) is 26.8 Å². The maximum absolute atomic E-state index is 15.0. The van der Waals surface area contributed by atoms with Crippen molar-refractivity contribution in [2.75, 3.05) is 26.9 Å². The summed E-state index contributed by atoms with van der Waals surface area (Å²) in [5.74, 6) is -1.15. The van der Waals surface area contributed by atoms with E-state index in [0.29, 0.717) is 61.6 Å². The molecule has 1 aromatic carbocycles. The van der Waals surface area contributed by atoms with Gasteiger partial charge < -0.3 is 34.5 Å². The van der Waals surface area contributed by atoms with Crippen LogP contribution >= 0.6 is 22.6 Å². The fourth-order valence-corrected chi connectivity index (χ4v) is 11.2. The molecule has 3 N–H and O–H groups in total. The summed E-state index contributed by atoms with van der Waals surface area (Å²) in [5, 5.41) is 5.85. The van der Waals surface area contributed by atoms with Gasteiger partial charge in [-0.2, -0.15) is 0 Å². The van der Waals surface area contributed by atoms with E-state index >= 15 is 0 Å². The third-order valence-corrected chi connectivity index (χ3v) is 15.3. The molecule has 3 aliphatic carbocycles. The van der Waals surface area contributed by atoms with Crippen molar-refractivity contribution in [2.45, 2.75) is 127 Å². The molecule has 17 heteroatoms. The Bertz CT molecular complexity index is 2110. The molecule has 2 aliphatic heterocycles. The number of methoxy groups -OCH3 is 1. The number of rotatable bonds is 10. The summed E-state index contributed by atoms with van der Waals surface area (Å²) in [7, 11) is -2.29. The summed E-state index contributed by atoms with van der Waals surface area (Å²) < 4.78 is 53.1. The minimum atomic E-state index is -3.91. The molecule has 7 rings (SSSR count). The smallest absolute Gasteiger partial charge is 0.407 e. The lowest BCUT2D eigenvalue weighted by molar-refractivity contribution is -0.142. The molecule has 59 heavy (non-hydrogen) atoms. The Hall–Kier alpha value is -3.87. The average molecular weight is 950 g/mol. The number of aryl methyl sites for hydroxylation is 1. The molecule has 5 atom stereocenters. The average Bonchev–Trinajstić information content (AvgIpc) is 4.13. The van der Waals surface area contributed by atoms with E-state index in [-0.39, 0.29) is 37.3 Å². The normalized spacial score (nSPS) is 27.7. The summed E-state index contributed by atoms with van der Waals surface area (Å²) in [6, 6.07) is 1.61. The molecule has 4 fully saturated rings. The number of halogens is 1. The van der Waals surface area contributed by atoms with Crippen LogP contribution in [0.5, 0.6) is 17.4 Å². The van der Waals surface area contributed by atoms with Crippen LogP contribution in [0.25, 0.3) is 10.9 Å². The second kappa shape index (κ2) is 17.2. The fraction of sp³-hybridized carbons (Fsp3) is 0.643. The maximum Gasteiger partial charge on any atom is 0.407 e. The van der Waals surface area contributed by atoms with Crippen LogP contribution in [0.3, 0.4) is 0 Å². The lowest BCUT2D eigenvalue weighted by atomic mass is 9.83. The highest BCUT2D eigenvalue weighted by Gasteiger charge is 2.62. The standard InChI is InChI=1S/C42H56IN5O10S/c1-6-26-21-42(26,39(51)47-59(53,54)28-15-16-28)46-37(49)30-19-27-22-48(30)38(50)34(24-12-9-8-10-13-24)45-40(52)57-23-41(3,4)17-11-14-25-18-29-31(58-27)20-32(56-7-2)44-35(29)33(43)36(25)55-5/h6,18,20,24,26-28,30,34H,1,7-17,19,21-23H2,2-5H3,(H,45,52)(H,46,49)(H,47,51)/t26-,27+,30-,34-,42+/m0/s1. The first-order chi connectivity index (χ1) is 28.1. The van der Waals surface area contributed by atoms with Crippen molar-refractivity contribution in [3.05, 3.63) is 33.9 Å². The van der Waals surface area contributed by atoms with Crippen LogP contribution in [-0.2, 0) is 35.6 Å². The largest absolute Gasteiger partial charge is 0.495 e. The highest BCUT2D eigenvalue weighted by molar-refractivity contribution is 14.1. The number of hydrogen-bond acceptors (Lipinski definition) is 11. The second-order valence-corrected chi connectivity index (χ2v) is 20.5. The third-order valence-electron chi connectivity index (χ3n) is 12.5. The van der Waals surface area contributed by atoms with Gasteiger partial charge in [0.1, 0.15) is 35.2 Å². The van der Waals surface area contributed by atoms with Crippen LogP contribution in [0.15, 0.2) is 24.8 Å². The summed E-state index contributed by atoms with van der Waals surface area (Å²) in [6.07, 6.45) is 7.59. The quantitative estimate of drug-likeness (QED) is 0.207. The third kappa shape index (κ3) is 9.25. The van der Waals surface area contributed by atoms with Crippen LogP contribution in [0.1, 0.15) is 97.0 Å². The van der Waals surface area contributed by atoms with E-state index < -0.39 is 68.7 Å². The van der Waals surface area contributed by atoms with Crippen molar-refractivity contribution < 1.29 is 46.5 Å². The number of nitrogens with one attached hydrogen (secondary N) is 3. The number of hydrogen-bond donors (Lipinski definition) is 3. The molecular weight excluding hydrogens is 893 g/mol. The molecule has 4 bridgehead atoms. The molecular formula is C42H56IN5O10S. The number of amides is 4. The number of carbonyl (C=O) groups is 4. The molecule has 1 aromatic heterocycles. The topological polar surface area (TPSA) is 192 Å². The molecule has 4 amide bonds. The zero-order valence-electron chi connectivity index (χ0n) is 34.3. The number of pyridine rings is 1. The van der Waals surface area contributed by atoms with Crippen LogP contribution < -0.4 is 29.6 Å². The van der Waals surface area contributed by atoms with Crippen molar-refractivity contribution in [3.8, 4) is 17.4 Å². The van der Waals surface area contributed by atoms with Crippen molar-refractivity contribution in [3.63, 3.8) is 0 Å². The van der Waals surface area contributed by atoms with Crippen LogP contribution in [0.2, 0.25) is 0 Å². The van der Waals surface area contributed by atoms with E-state index in [4.69, 9.17) is 23.9 Å². The van der Waals surface area contributed by atoms with Crippen molar-refractivity contribution in [2.24, 2.45) is 17.3 Å². The lowest BCUT2D eigenvalue weighted by Crippen LogP contribution is -2.59. The van der Waals surface area contributed by atoms with E-state index in [2.05, 4.69) is 44.5 Å². The molecule has 5 aliphatic rings. The molecule has 3 heterocycles. The molecule has 322 valence electrons. The number of carbonyl (C=O) groups excluding carboxylic acids is 4. The first-order valence-corrected chi connectivity index (χ1v) is 23.5. The first-order valence-electron chi connectivity index (χ1n) is 20.8. The fourth-order valence-electron chi connectivity index (χ4n) is 8.89. The zero-order chi connectivity index (χ0) is 42.3. The second-order valence-electron chi connectivity index (χ2n) is 17.4. The van der Waals surface area contributed by atoms with Gasteiger partial charge in [-0.05, 0) is 104 Å². The minimum Gasteiger partial charge on any atom is -0.495 e. The van der Waals surface area contributed by atoms with Gasteiger partial charge in [0.25, 0.3) is 5.91 Å². The number of cyclic esters (lactones) is 1. The maximum atomic E-state index is 15.0. The van der Waals surface area contributed by atoms with Crippen molar-refractivity contribution in [1.82, 2.24) is 25.2 Å². The molecule has 0 radical (unpaired) electrons. The van der Waals surface area contributed by atoms with Gasteiger partial charge in [0.15, 0.2) is 0 Å². The van der Waals surface area contributed by atoms with Gasteiger partial charge in [0.2, 0.25) is 27.7 Å². The Balaban J connectivity index is 1.28. The Kier molecular flexibility index (Phi) is 12.6. The van der Waals surface area contributed by atoms with Crippen LogP contribution in [0.4, 0.5) is 4.79 Å². The first kappa shape index (κ1) is 43.2. The van der Waals surface area contributed by atoms with Gasteiger partial charge in [-0.25, -0.2) is 18.2 Å². The number of aromatic nitrogens is 1. The summed E-state index contributed by atoms with van der Waals surface area (Å²) in [5.41, 5.74) is -0.378. The molecule has 15 nitrogen and oxygen atoms in total. The highest BCUT2D eigenvalue weighted by Crippen LogP contribution is 2.46. The van der Waals surface area contributed by atoms with E-state index in [9.17, 15) is 27.6 Å². The SMILES string of the molecule is C=C[C@H]1C[C@]1(NC(=O)[C@@H]1C[C@@H]2CN1C(=O)[C@H](C1CCCCC1)NC(=O)OCC(C)(C)CCCc1cc3c(cc(OCC)nc3c(I)c1OC)O2)C(=O)NS(=O)(=O)C1CC1. The molecule has 2 aromatic rings. The molecule has 0 unspecified atom stereocenters. The number of sulfonamides is 1. The van der Waals surface area contributed by atoms with Gasteiger partial charge in [-0.3, -0.25) is 19.1 Å². The predicted octanol–water partition coefficient (Wildman–Crippen LogP) is 5.30. The monoisotopic (exact) mass is 949 g/mol. The number of ether oxygens (including phenoxy) is 4. The molecule has 3 saturated carbocycles.